The highest BCUT2D eigenvalue weighted by Gasteiger charge is 2.20. The normalized spacial score (nSPS) is 12.7. The monoisotopic (exact) mass is 528 g/mol. The molecule has 2 aromatic rings. The van der Waals surface area contributed by atoms with Crippen LogP contribution in [0.3, 0.4) is 0 Å². The number of nitrogens with one attached hydrogen (secondary N) is 2. The molecule has 0 aliphatic heterocycles. The second-order valence-corrected chi connectivity index (χ2v) is 11.0. The number of ether oxygens (including phenoxy) is 2. The zero-order valence-electron chi connectivity index (χ0n) is 23.5. The number of alkyl carbamates (subject to hydrolysis) is 2. The van der Waals surface area contributed by atoms with Gasteiger partial charge in [0.05, 0.1) is 18.7 Å². The van der Waals surface area contributed by atoms with Crippen LogP contribution >= 0.6 is 0 Å². The Labute approximate surface area is 227 Å². The highest BCUT2D eigenvalue weighted by molar-refractivity contribution is 5.73. The molecule has 0 saturated carbocycles. The van der Waals surface area contributed by atoms with Crippen LogP contribution in [0, 0.1) is 0 Å². The number of aliphatic hydroxyl groups excluding tert-OH is 1. The molecule has 210 valence electrons. The van der Waals surface area contributed by atoms with Crippen molar-refractivity contribution in [3.05, 3.63) is 71.8 Å². The van der Waals surface area contributed by atoms with E-state index in [4.69, 9.17) is 9.47 Å². The van der Waals surface area contributed by atoms with Gasteiger partial charge in [-0.05, 0) is 78.4 Å². The van der Waals surface area contributed by atoms with E-state index >= 15 is 0 Å². The molecule has 2 rings (SSSR count). The summed E-state index contributed by atoms with van der Waals surface area (Å²) in [6.45, 7) is 10.7. The van der Waals surface area contributed by atoms with E-state index in [1.54, 1.807) is 20.8 Å². The van der Waals surface area contributed by atoms with E-state index in [2.05, 4.69) is 10.6 Å². The predicted molar refractivity (Wildman–Crippen MR) is 149 cm³/mol. The van der Waals surface area contributed by atoms with Crippen molar-refractivity contribution in [2.75, 3.05) is 6.61 Å². The molecule has 0 aromatic heterocycles. The van der Waals surface area contributed by atoms with Gasteiger partial charge in [0.15, 0.2) is 0 Å². The maximum Gasteiger partial charge on any atom is 0.408 e. The highest BCUT2D eigenvalue weighted by Crippen LogP contribution is 2.10. The van der Waals surface area contributed by atoms with Crippen molar-refractivity contribution < 1.29 is 29.0 Å². The van der Waals surface area contributed by atoms with Crippen LogP contribution in [-0.2, 0) is 27.1 Å². The number of aliphatic hydroxyl groups is 1. The third-order valence-corrected chi connectivity index (χ3v) is 5.02. The summed E-state index contributed by atoms with van der Waals surface area (Å²) >= 11 is 0. The first-order chi connectivity index (χ1) is 17.8. The third kappa shape index (κ3) is 16.4. The molecule has 0 saturated heterocycles. The minimum Gasteiger partial charge on any atom is -0.444 e. The van der Waals surface area contributed by atoms with Crippen LogP contribution in [0.2, 0.25) is 0 Å². The first kappa shape index (κ1) is 32.6. The number of hydrogen-bond acceptors (Lipinski definition) is 6. The summed E-state index contributed by atoms with van der Waals surface area (Å²) in [5, 5.41) is 14.5. The third-order valence-electron chi connectivity index (χ3n) is 5.02. The van der Waals surface area contributed by atoms with Crippen LogP contribution in [0.5, 0.6) is 0 Å². The fraction of sp³-hybridized carbons (Fsp3) is 0.500. The van der Waals surface area contributed by atoms with Gasteiger partial charge in [0.2, 0.25) is 0 Å². The molecular weight excluding hydrogens is 484 g/mol. The van der Waals surface area contributed by atoms with Crippen molar-refractivity contribution in [1.82, 2.24) is 10.6 Å². The van der Waals surface area contributed by atoms with Gasteiger partial charge in [0.1, 0.15) is 17.5 Å². The van der Waals surface area contributed by atoms with Gasteiger partial charge in [-0.1, -0.05) is 60.7 Å². The Hall–Kier alpha value is -3.39. The largest absolute Gasteiger partial charge is 0.444 e. The number of aryl methyl sites for hydroxylation is 2. The summed E-state index contributed by atoms with van der Waals surface area (Å²) in [6, 6.07) is 19.0. The molecule has 0 aliphatic carbocycles. The van der Waals surface area contributed by atoms with Crippen molar-refractivity contribution in [2.45, 2.75) is 90.5 Å². The Morgan fingerprint density at radius 3 is 1.58 bits per heavy atom. The van der Waals surface area contributed by atoms with Crippen molar-refractivity contribution in [1.29, 1.82) is 0 Å². The highest BCUT2D eigenvalue weighted by atomic mass is 16.6. The van der Waals surface area contributed by atoms with E-state index in [-0.39, 0.29) is 12.6 Å². The molecule has 2 amide bonds. The molecule has 0 fully saturated rings. The van der Waals surface area contributed by atoms with E-state index in [1.807, 2.05) is 81.4 Å². The zero-order valence-corrected chi connectivity index (χ0v) is 23.5. The Morgan fingerprint density at radius 1 is 0.763 bits per heavy atom. The molecule has 0 bridgehead atoms. The number of carbonyl (C=O) groups is 3. The maximum absolute atomic E-state index is 11.6. The quantitative estimate of drug-likeness (QED) is 0.365. The van der Waals surface area contributed by atoms with Gasteiger partial charge in [-0.2, -0.15) is 0 Å². The lowest BCUT2D eigenvalue weighted by Crippen LogP contribution is -2.41. The standard InChI is InChI=1S/C15H23NO3.C15H21NO3/c2*1-15(2,3)19-14(18)16-13(11-17)10-9-12-7-5-4-6-8-12/h4-8,13,17H,9-11H2,1-3H3,(H,16,18);4-8,11,13H,9-10H2,1-3H3,(H,16,18)/t2*13-/m11/s1. The Bertz CT molecular complexity index is 952. The molecular formula is C30H44N2O6. The summed E-state index contributed by atoms with van der Waals surface area (Å²) in [6.07, 6.45) is 2.48. The summed E-state index contributed by atoms with van der Waals surface area (Å²) in [4.78, 5) is 34.1. The number of amides is 2. The lowest BCUT2D eigenvalue weighted by molar-refractivity contribution is -0.109. The van der Waals surface area contributed by atoms with Gasteiger partial charge in [-0.15, -0.1) is 0 Å². The Kier molecular flexibility index (Phi) is 14.1. The van der Waals surface area contributed by atoms with Gasteiger partial charge >= 0.3 is 12.2 Å². The van der Waals surface area contributed by atoms with Crippen LogP contribution in [0.1, 0.15) is 65.5 Å². The molecule has 2 aromatic carbocycles. The van der Waals surface area contributed by atoms with Crippen LogP contribution in [0.4, 0.5) is 9.59 Å². The molecule has 0 aliphatic rings. The lowest BCUT2D eigenvalue weighted by atomic mass is 10.1. The van der Waals surface area contributed by atoms with Crippen molar-refractivity contribution in [3.8, 4) is 0 Å². The average molecular weight is 529 g/mol. The average Bonchev–Trinajstić information content (AvgIpc) is 2.83. The molecule has 2 atom stereocenters. The Balaban J connectivity index is 0.000000380. The number of carbonyl (C=O) groups excluding carboxylic acids is 3. The van der Waals surface area contributed by atoms with Gasteiger partial charge in [-0.3, -0.25) is 0 Å². The predicted octanol–water partition coefficient (Wildman–Crippen LogP) is 5.22. The summed E-state index contributed by atoms with van der Waals surface area (Å²) in [5.41, 5.74) is 1.24. The number of hydrogen-bond donors (Lipinski definition) is 3. The maximum atomic E-state index is 11.6. The second-order valence-electron chi connectivity index (χ2n) is 11.0. The molecule has 3 N–H and O–H groups in total. The van der Waals surface area contributed by atoms with Crippen molar-refractivity contribution in [3.63, 3.8) is 0 Å². The number of rotatable bonds is 10. The minimum atomic E-state index is -0.559. The van der Waals surface area contributed by atoms with Crippen LogP contribution in [0.25, 0.3) is 0 Å². The first-order valence-corrected chi connectivity index (χ1v) is 12.9. The van der Waals surface area contributed by atoms with Crippen molar-refractivity contribution in [2.24, 2.45) is 0 Å². The Morgan fingerprint density at radius 2 is 1.18 bits per heavy atom. The lowest BCUT2D eigenvalue weighted by Gasteiger charge is -2.22. The van der Waals surface area contributed by atoms with E-state index < -0.39 is 29.4 Å². The van der Waals surface area contributed by atoms with Crippen LogP contribution in [0.15, 0.2) is 60.7 Å². The van der Waals surface area contributed by atoms with Crippen LogP contribution in [-0.4, -0.2) is 53.5 Å². The second kappa shape index (κ2) is 16.5. The molecule has 8 heteroatoms. The molecule has 0 heterocycles. The molecule has 0 unspecified atom stereocenters. The van der Waals surface area contributed by atoms with E-state index in [1.165, 1.54) is 5.56 Å². The summed E-state index contributed by atoms with van der Waals surface area (Å²) in [5.74, 6) is 0. The van der Waals surface area contributed by atoms with Gasteiger partial charge in [0.25, 0.3) is 0 Å². The minimum absolute atomic E-state index is 0.0912. The summed E-state index contributed by atoms with van der Waals surface area (Å²) in [7, 11) is 0. The van der Waals surface area contributed by atoms with E-state index in [9.17, 15) is 19.5 Å². The van der Waals surface area contributed by atoms with E-state index in [0.29, 0.717) is 12.8 Å². The number of aldehydes is 1. The van der Waals surface area contributed by atoms with Crippen LogP contribution < -0.4 is 10.6 Å². The molecule has 0 radical (unpaired) electrons. The molecule has 8 nitrogen and oxygen atoms in total. The smallest absolute Gasteiger partial charge is 0.408 e. The van der Waals surface area contributed by atoms with E-state index in [0.717, 1.165) is 24.7 Å². The van der Waals surface area contributed by atoms with Gasteiger partial charge in [-0.25, -0.2) is 9.59 Å². The zero-order chi connectivity index (χ0) is 28.6. The van der Waals surface area contributed by atoms with Gasteiger partial charge in [0, 0.05) is 0 Å². The molecule has 0 spiro atoms. The number of benzene rings is 2. The van der Waals surface area contributed by atoms with Gasteiger partial charge < -0.3 is 30.0 Å². The fourth-order valence-electron chi connectivity index (χ4n) is 3.27. The SMILES string of the molecule is CC(C)(C)OC(=O)N[C@@H](C=O)CCc1ccccc1.CC(C)(C)OC(=O)N[C@@H](CO)CCc1ccccc1. The van der Waals surface area contributed by atoms with Crippen molar-refractivity contribution >= 4 is 18.5 Å². The topological polar surface area (TPSA) is 114 Å². The first-order valence-electron chi connectivity index (χ1n) is 12.9. The molecule has 38 heavy (non-hydrogen) atoms. The fourth-order valence-corrected chi connectivity index (χ4v) is 3.27. The summed E-state index contributed by atoms with van der Waals surface area (Å²) < 4.78 is 10.3.